The predicted molar refractivity (Wildman–Crippen MR) is 60.0 cm³/mol. The van der Waals surface area contributed by atoms with Crippen LogP contribution in [-0.2, 0) is 9.59 Å². The van der Waals surface area contributed by atoms with Gasteiger partial charge in [-0.2, -0.15) is 0 Å². The van der Waals surface area contributed by atoms with E-state index in [0.717, 1.165) is 0 Å². The molecule has 1 heterocycles. The van der Waals surface area contributed by atoms with Crippen LogP contribution < -0.4 is 10.6 Å². The second-order valence-electron chi connectivity index (χ2n) is 2.83. The van der Waals surface area contributed by atoms with Gasteiger partial charge in [0.2, 0.25) is 11.8 Å². The molecule has 0 atom stereocenters. The van der Waals surface area contributed by atoms with Crippen LogP contribution >= 0.6 is 11.3 Å². The summed E-state index contributed by atoms with van der Waals surface area (Å²) in [5, 5.41) is 5.87. The summed E-state index contributed by atoms with van der Waals surface area (Å²) in [7, 11) is 0. The summed E-state index contributed by atoms with van der Waals surface area (Å²) >= 11 is 1.29. The monoisotopic (exact) mass is 227 g/mol. The van der Waals surface area contributed by atoms with Crippen molar-refractivity contribution in [2.24, 2.45) is 0 Å². The first kappa shape index (κ1) is 11.6. The van der Waals surface area contributed by atoms with E-state index in [-0.39, 0.29) is 11.8 Å². The molecule has 0 unspecified atom stereocenters. The van der Waals surface area contributed by atoms with Gasteiger partial charge in [0.25, 0.3) is 0 Å². The summed E-state index contributed by atoms with van der Waals surface area (Å²) < 4.78 is 0. The van der Waals surface area contributed by atoms with Gasteiger partial charge in [-0.1, -0.05) is 13.8 Å². The van der Waals surface area contributed by atoms with Crippen LogP contribution in [0.15, 0.2) is 5.51 Å². The normalized spacial score (nSPS) is 9.73. The van der Waals surface area contributed by atoms with Gasteiger partial charge in [0.05, 0.1) is 5.51 Å². The maximum absolute atomic E-state index is 11.1. The number of hydrogen-bond donors (Lipinski definition) is 2. The lowest BCUT2D eigenvalue weighted by molar-refractivity contribution is -0.116. The fourth-order valence-corrected chi connectivity index (χ4v) is 1.51. The minimum absolute atomic E-state index is 0.0914. The molecule has 1 aromatic heterocycles. The molecule has 0 aromatic carbocycles. The quantitative estimate of drug-likeness (QED) is 0.824. The van der Waals surface area contributed by atoms with Crippen LogP contribution in [0.5, 0.6) is 0 Å². The van der Waals surface area contributed by atoms with Gasteiger partial charge in [-0.05, 0) is 0 Å². The van der Waals surface area contributed by atoms with Crippen molar-refractivity contribution in [3.05, 3.63) is 5.51 Å². The number of rotatable bonds is 4. The molecule has 0 fully saturated rings. The van der Waals surface area contributed by atoms with E-state index in [9.17, 15) is 9.59 Å². The fraction of sp³-hybridized carbons (Fsp3) is 0.444. The zero-order chi connectivity index (χ0) is 11.3. The average molecular weight is 227 g/mol. The van der Waals surface area contributed by atoms with Crippen molar-refractivity contribution < 1.29 is 9.59 Å². The summed E-state index contributed by atoms with van der Waals surface area (Å²) in [6, 6.07) is 0. The van der Waals surface area contributed by atoms with Crippen molar-refractivity contribution in [3.8, 4) is 0 Å². The van der Waals surface area contributed by atoms with Gasteiger partial charge in [-0.3, -0.25) is 9.59 Å². The summed E-state index contributed by atoms with van der Waals surface area (Å²) in [4.78, 5) is 26.2. The second-order valence-corrected chi connectivity index (χ2v) is 3.69. The number of carbonyl (C=O) groups excluding carboxylic acids is 2. The van der Waals surface area contributed by atoms with Gasteiger partial charge in [0, 0.05) is 12.8 Å². The van der Waals surface area contributed by atoms with Gasteiger partial charge >= 0.3 is 0 Å². The van der Waals surface area contributed by atoms with E-state index < -0.39 is 0 Å². The average Bonchev–Trinajstić information content (AvgIpc) is 2.65. The second kappa shape index (κ2) is 5.45. The minimum atomic E-state index is -0.118. The number of carbonyl (C=O) groups is 2. The molecule has 1 aromatic rings. The Morgan fingerprint density at radius 2 is 1.87 bits per heavy atom. The highest BCUT2D eigenvalue weighted by molar-refractivity contribution is 7.14. The van der Waals surface area contributed by atoms with Gasteiger partial charge in [-0.25, -0.2) is 4.98 Å². The molecule has 0 radical (unpaired) electrons. The van der Waals surface area contributed by atoms with Gasteiger partial charge in [0.1, 0.15) is 5.00 Å². The van der Waals surface area contributed by atoms with E-state index >= 15 is 0 Å². The van der Waals surface area contributed by atoms with Crippen molar-refractivity contribution in [2.45, 2.75) is 26.7 Å². The molecule has 5 nitrogen and oxygen atoms in total. The smallest absolute Gasteiger partial charge is 0.225 e. The van der Waals surface area contributed by atoms with Gasteiger partial charge < -0.3 is 10.6 Å². The summed E-state index contributed by atoms with van der Waals surface area (Å²) in [5.41, 5.74) is 1.58. The number of amides is 2. The molecule has 0 aliphatic heterocycles. The Labute approximate surface area is 91.9 Å². The molecule has 0 aliphatic carbocycles. The van der Waals surface area contributed by atoms with E-state index in [2.05, 4.69) is 15.6 Å². The Morgan fingerprint density at radius 1 is 1.27 bits per heavy atom. The molecule has 0 aliphatic rings. The van der Waals surface area contributed by atoms with E-state index in [0.29, 0.717) is 23.7 Å². The molecular formula is C9H13N3O2S. The number of nitrogens with one attached hydrogen (secondary N) is 2. The number of hydrogen-bond acceptors (Lipinski definition) is 4. The van der Waals surface area contributed by atoms with Crippen LogP contribution in [0.3, 0.4) is 0 Å². The Bertz CT molecular complexity index is 329. The third-order valence-corrected chi connectivity index (χ3v) is 2.46. The highest BCUT2D eigenvalue weighted by Crippen LogP contribution is 2.25. The lowest BCUT2D eigenvalue weighted by atomic mass is 10.4. The molecule has 2 amide bonds. The molecule has 6 heteroatoms. The lowest BCUT2D eigenvalue weighted by Crippen LogP contribution is -2.14. The van der Waals surface area contributed by atoms with Crippen molar-refractivity contribution in [3.63, 3.8) is 0 Å². The fourth-order valence-electron chi connectivity index (χ4n) is 0.859. The zero-order valence-electron chi connectivity index (χ0n) is 8.66. The van der Waals surface area contributed by atoms with Crippen molar-refractivity contribution >= 4 is 34.0 Å². The van der Waals surface area contributed by atoms with Gasteiger partial charge in [-0.15, -0.1) is 11.3 Å². The van der Waals surface area contributed by atoms with Crippen LogP contribution in [0.4, 0.5) is 10.8 Å². The summed E-state index contributed by atoms with van der Waals surface area (Å²) in [6.45, 7) is 3.52. The molecule has 0 saturated carbocycles. The van der Waals surface area contributed by atoms with E-state index in [1.54, 1.807) is 19.4 Å². The van der Waals surface area contributed by atoms with Crippen molar-refractivity contribution in [1.82, 2.24) is 4.98 Å². The first-order chi connectivity index (χ1) is 7.17. The topological polar surface area (TPSA) is 71.1 Å². The predicted octanol–water partition coefficient (Wildman–Crippen LogP) is 1.84. The third-order valence-electron chi connectivity index (χ3n) is 1.72. The maximum Gasteiger partial charge on any atom is 0.225 e. The standard InChI is InChI=1S/C9H13N3O2S/c1-3-6(13)11-8-9(15-5-10-8)12-7(14)4-2/h5H,3-4H2,1-2H3,(H,11,13)(H,12,14). The SMILES string of the molecule is CCC(=O)Nc1ncsc1NC(=O)CC. The molecule has 0 saturated heterocycles. The van der Waals surface area contributed by atoms with Crippen LogP contribution in [0.1, 0.15) is 26.7 Å². The van der Waals surface area contributed by atoms with Crippen molar-refractivity contribution in [1.29, 1.82) is 0 Å². The number of nitrogens with zero attached hydrogens (tertiary/aromatic N) is 1. The highest BCUT2D eigenvalue weighted by Gasteiger charge is 2.10. The van der Waals surface area contributed by atoms with E-state index in [1.807, 2.05) is 0 Å². The minimum Gasteiger partial charge on any atom is -0.315 e. The Morgan fingerprint density at radius 3 is 2.47 bits per heavy atom. The molecule has 15 heavy (non-hydrogen) atoms. The summed E-state index contributed by atoms with van der Waals surface area (Å²) in [5.74, 6) is 0.216. The molecule has 0 bridgehead atoms. The molecule has 82 valence electrons. The largest absolute Gasteiger partial charge is 0.315 e. The third kappa shape index (κ3) is 3.32. The summed E-state index contributed by atoms with van der Waals surface area (Å²) in [6.07, 6.45) is 0.789. The first-order valence-corrected chi connectivity index (χ1v) is 5.58. The first-order valence-electron chi connectivity index (χ1n) is 4.70. The number of anilines is 2. The molecule has 2 N–H and O–H groups in total. The maximum atomic E-state index is 11.1. The number of thiazole rings is 1. The van der Waals surface area contributed by atoms with Crippen LogP contribution in [0.2, 0.25) is 0 Å². The molecular weight excluding hydrogens is 214 g/mol. The zero-order valence-corrected chi connectivity index (χ0v) is 9.48. The Kier molecular flexibility index (Phi) is 4.23. The highest BCUT2D eigenvalue weighted by atomic mass is 32.1. The lowest BCUT2D eigenvalue weighted by Gasteiger charge is -2.04. The van der Waals surface area contributed by atoms with Crippen LogP contribution in [0.25, 0.3) is 0 Å². The Balaban J connectivity index is 2.69. The van der Waals surface area contributed by atoms with Crippen LogP contribution in [-0.4, -0.2) is 16.8 Å². The van der Waals surface area contributed by atoms with Crippen molar-refractivity contribution in [2.75, 3.05) is 10.6 Å². The molecule has 0 spiro atoms. The Hall–Kier alpha value is -1.43. The van der Waals surface area contributed by atoms with Gasteiger partial charge in [0.15, 0.2) is 5.82 Å². The number of aromatic nitrogens is 1. The van der Waals surface area contributed by atoms with E-state index in [4.69, 9.17) is 0 Å². The van der Waals surface area contributed by atoms with E-state index in [1.165, 1.54) is 11.3 Å². The molecule has 1 rings (SSSR count). The van der Waals surface area contributed by atoms with Crippen LogP contribution in [0, 0.1) is 0 Å².